The molecule has 4 heteroatoms. The number of hydrogen-bond acceptors (Lipinski definition) is 2. The van der Waals surface area contributed by atoms with E-state index < -0.39 is 6.43 Å². The average molecular weight is 179 g/mol. The van der Waals surface area contributed by atoms with Gasteiger partial charge in [-0.25, -0.2) is 8.78 Å². The second-order valence-corrected chi connectivity index (χ2v) is 3.14. The van der Waals surface area contributed by atoms with Gasteiger partial charge < -0.3 is 4.74 Å². The number of nitrogens with zero attached hydrogens (tertiary/aromatic N) is 1. The first-order valence-corrected chi connectivity index (χ1v) is 4.25. The van der Waals surface area contributed by atoms with Crippen molar-refractivity contribution in [1.82, 2.24) is 4.90 Å². The van der Waals surface area contributed by atoms with Crippen molar-refractivity contribution in [3.63, 3.8) is 0 Å². The number of alkyl halides is 2. The summed E-state index contributed by atoms with van der Waals surface area (Å²) in [6.07, 6.45) is -0.219. The molecule has 0 aliphatic carbocycles. The molecule has 12 heavy (non-hydrogen) atoms. The molecule has 1 fully saturated rings. The monoisotopic (exact) mass is 179 g/mol. The van der Waals surface area contributed by atoms with Crippen LogP contribution in [0.3, 0.4) is 0 Å². The van der Waals surface area contributed by atoms with Crippen molar-refractivity contribution in [3.05, 3.63) is 0 Å². The van der Waals surface area contributed by atoms with E-state index in [4.69, 9.17) is 4.74 Å². The van der Waals surface area contributed by atoms with Gasteiger partial charge in [0, 0.05) is 13.2 Å². The van der Waals surface area contributed by atoms with E-state index in [9.17, 15) is 8.78 Å². The van der Waals surface area contributed by atoms with E-state index in [1.807, 2.05) is 4.90 Å². The van der Waals surface area contributed by atoms with Gasteiger partial charge in [-0.15, -0.1) is 0 Å². The lowest BCUT2D eigenvalue weighted by molar-refractivity contribution is 0.0555. The fourth-order valence-corrected chi connectivity index (χ4v) is 1.69. The first-order valence-electron chi connectivity index (χ1n) is 4.25. The van der Waals surface area contributed by atoms with Crippen molar-refractivity contribution in [2.45, 2.75) is 25.3 Å². The SMILES string of the molecule is COC[C@@H]1CCCN1CC(F)F. The summed E-state index contributed by atoms with van der Waals surface area (Å²) < 4.78 is 29.0. The van der Waals surface area contributed by atoms with Gasteiger partial charge in [-0.2, -0.15) is 0 Å². The molecule has 1 heterocycles. The molecule has 0 spiro atoms. The molecular formula is C8H15F2NO. The first kappa shape index (κ1) is 9.86. The number of hydrogen-bond donors (Lipinski definition) is 0. The van der Waals surface area contributed by atoms with E-state index in [2.05, 4.69) is 0 Å². The number of ether oxygens (including phenoxy) is 1. The van der Waals surface area contributed by atoms with Gasteiger partial charge in [0.1, 0.15) is 0 Å². The molecule has 2 nitrogen and oxygen atoms in total. The largest absolute Gasteiger partial charge is 0.383 e. The van der Waals surface area contributed by atoms with Crippen LogP contribution in [0.1, 0.15) is 12.8 Å². The van der Waals surface area contributed by atoms with E-state index in [1.54, 1.807) is 7.11 Å². The highest BCUT2D eigenvalue weighted by molar-refractivity contribution is 4.78. The standard InChI is InChI=1S/C8H15F2NO/c1-12-6-7-3-2-4-11(7)5-8(9)10/h7-8H,2-6H2,1H3/t7-/m0/s1. The van der Waals surface area contributed by atoms with E-state index in [-0.39, 0.29) is 12.6 Å². The van der Waals surface area contributed by atoms with Gasteiger partial charge in [-0.3, -0.25) is 4.90 Å². The van der Waals surface area contributed by atoms with Crippen LogP contribution in [0.5, 0.6) is 0 Å². The molecule has 72 valence electrons. The summed E-state index contributed by atoms with van der Waals surface area (Å²) >= 11 is 0. The lowest BCUT2D eigenvalue weighted by Crippen LogP contribution is -2.36. The van der Waals surface area contributed by atoms with Crippen molar-refractivity contribution in [2.75, 3.05) is 26.8 Å². The molecular weight excluding hydrogens is 164 g/mol. The summed E-state index contributed by atoms with van der Waals surface area (Å²) in [5.41, 5.74) is 0. The topological polar surface area (TPSA) is 12.5 Å². The smallest absolute Gasteiger partial charge is 0.251 e. The van der Waals surface area contributed by atoms with Crippen LogP contribution < -0.4 is 0 Å². The maximum Gasteiger partial charge on any atom is 0.251 e. The van der Waals surface area contributed by atoms with Crippen LogP contribution in [0.15, 0.2) is 0 Å². The van der Waals surface area contributed by atoms with E-state index in [0.717, 1.165) is 19.4 Å². The van der Waals surface area contributed by atoms with E-state index in [0.29, 0.717) is 6.61 Å². The van der Waals surface area contributed by atoms with Crippen molar-refractivity contribution >= 4 is 0 Å². The second-order valence-electron chi connectivity index (χ2n) is 3.14. The minimum atomic E-state index is -2.22. The molecule has 1 rings (SSSR count). The maximum absolute atomic E-state index is 12.0. The molecule has 0 radical (unpaired) electrons. The first-order chi connectivity index (χ1) is 5.74. The average Bonchev–Trinajstić information content (AvgIpc) is 2.37. The molecule has 0 aromatic rings. The van der Waals surface area contributed by atoms with Crippen LogP contribution in [0.4, 0.5) is 8.78 Å². The number of halogens is 2. The minimum Gasteiger partial charge on any atom is -0.383 e. The maximum atomic E-state index is 12.0. The fraction of sp³-hybridized carbons (Fsp3) is 1.00. The van der Waals surface area contributed by atoms with Gasteiger partial charge in [0.25, 0.3) is 6.43 Å². The lowest BCUT2D eigenvalue weighted by atomic mass is 10.2. The second kappa shape index (κ2) is 4.72. The minimum absolute atomic E-state index is 0.103. The summed E-state index contributed by atoms with van der Waals surface area (Å²) in [5, 5.41) is 0. The highest BCUT2D eigenvalue weighted by Crippen LogP contribution is 2.18. The molecule has 1 aliphatic rings. The molecule has 1 aliphatic heterocycles. The zero-order chi connectivity index (χ0) is 8.97. The lowest BCUT2D eigenvalue weighted by Gasteiger charge is -2.22. The van der Waals surface area contributed by atoms with Crippen LogP contribution in [0.25, 0.3) is 0 Å². The van der Waals surface area contributed by atoms with Gasteiger partial charge >= 0.3 is 0 Å². The highest BCUT2D eigenvalue weighted by atomic mass is 19.3. The zero-order valence-corrected chi connectivity index (χ0v) is 7.30. The van der Waals surface area contributed by atoms with Gasteiger partial charge in [0.2, 0.25) is 0 Å². The predicted molar refractivity (Wildman–Crippen MR) is 42.5 cm³/mol. The molecule has 0 N–H and O–H groups in total. The van der Waals surface area contributed by atoms with Crippen molar-refractivity contribution in [2.24, 2.45) is 0 Å². The molecule has 1 saturated heterocycles. The highest BCUT2D eigenvalue weighted by Gasteiger charge is 2.26. The quantitative estimate of drug-likeness (QED) is 0.646. The van der Waals surface area contributed by atoms with Gasteiger partial charge in [0.15, 0.2) is 0 Å². The Kier molecular flexibility index (Phi) is 3.88. The van der Waals surface area contributed by atoms with Crippen molar-refractivity contribution < 1.29 is 13.5 Å². The third kappa shape index (κ3) is 2.68. The van der Waals surface area contributed by atoms with E-state index >= 15 is 0 Å². The molecule has 0 amide bonds. The Hall–Kier alpha value is -0.220. The number of rotatable bonds is 4. The Bertz CT molecular complexity index is 132. The summed E-state index contributed by atoms with van der Waals surface area (Å²) in [6, 6.07) is 0.212. The molecule has 0 saturated carbocycles. The molecule has 0 unspecified atom stereocenters. The summed E-state index contributed by atoms with van der Waals surface area (Å²) in [7, 11) is 1.61. The van der Waals surface area contributed by atoms with Crippen LogP contribution in [-0.2, 0) is 4.74 Å². The normalized spacial score (nSPS) is 25.5. The van der Waals surface area contributed by atoms with Crippen molar-refractivity contribution in [1.29, 1.82) is 0 Å². The Labute approximate surface area is 71.5 Å². The third-order valence-corrected chi connectivity index (χ3v) is 2.23. The predicted octanol–water partition coefficient (Wildman–Crippen LogP) is 1.36. The van der Waals surface area contributed by atoms with Crippen LogP contribution in [0.2, 0.25) is 0 Å². The molecule has 1 atom stereocenters. The number of methoxy groups -OCH3 is 1. The summed E-state index contributed by atoms with van der Waals surface area (Å²) in [5.74, 6) is 0. The Balaban J connectivity index is 2.30. The zero-order valence-electron chi connectivity index (χ0n) is 7.30. The molecule has 0 bridgehead atoms. The van der Waals surface area contributed by atoms with Gasteiger partial charge in [0.05, 0.1) is 13.2 Å². The van der Waals surface area contributed by atoms with Crippen molar-refractivity contribution in [3.8, 4) is 0 Å². The van der Waals surface area contributed by atoms with Gasteiger partial charge in [-0.1, -0.05) is 0 Å². The summed E-state index contributed by atoms with van der Waals surface area (Å²) in [4.78, 5) is 1.81. The molecule has 0 aromatic heterocycles. The third-order valence-electron chi connectivity index (χ3n) is 2.23. The Morgan fingerprint density at radius 2 is 2.33 bits per heavy atom. The Morgan fingerprint density at radius 3 is 2.92 bits per heavy atom. The van der Waals surface area contributed by atoms with E-state index in [1.165, 1.54) is 0 Å². The Morgan fingerprint density at radius 1 is 1.58 bits per heavy atom. The summed E-state index contributed by atoms with van der Waals surface area (Å²) in [6.45, 7) is 1.26. The fourth-order valence-electron chi connectivity index (χ4n) is 1.69. The van der Waals surface area contributed by atoms with Gasteiger partial charge in [-0.05, 0) is 19.4 Å². The van der Waals surface area contributed by atoms with Crippen LogP contribution in [-0.4, -0.2) is 44.2 Å². The number of likely N-dealkylation sites (tertiary alicyclic amines) is 1. The molecule has 0 aromatic carbocycles. The van der Waals surface area contributed by atoms with Crippen LogP contribution >= 0.6 is 0 Å². The van der Waals surface area contributed by atoms with Crippen LogP contribution in [0, 0.1) is 0 Å².